The number of rotatable bonds is 7. The Morgan fingerprint density at radius 1 is 1.03 bits per heavy atom. The highest BCUT2D eigenvalue weighted by Crippen LogP contribution is 2.39. The smallest absolute Gasteiger partial charge is 0.251 e. The van der Waals surface area contributed by atoms with Gasteiger partial charge < -0.3 is 15.5 Å². The molecule has 1 atom stereocenters. The average Bonchev–Trinajstić information content (AvgIpc) is 3.46. The van der Waals surface area contributed by atoms with Gasteiger partial charge >= 0.3 is 0 Å². The predicted molar refractivity (Wildman–Crippen MR) is 144 cm³/mol. The van der Waals surface area contributed by atoms with E-state index in [0.29, 0.717) is 17.3 Å². The normalized spacial score (nSPS) is 19.5. The SMILES string of the molecule is CC(NC(=O)c1ccc2c(c1)N(C(=O)CNC1CCCCC1)CC(=O)N2C1CCCC1)c1cccnc1. The molecule has 2 saturated carbocycles. The van der Waals surface area contributed by atoms with E-state index in [1.807, 2.05) is 30.0 Å². The Morgan fingerprint density at radius 3 is 2.51 bits per heavy atom. The van der Waals surface area contributed by atoms with Crippen LogP contribution in [0.3, 0.4) is 0 Å². The monoisotopic (exact) mass is 503 g/mol. The van der Waals surface area contributed by atoms with Crippen molar-refractivity contribution in [2.75, 3.05) is 22.9 Å². The first-order valence-corrected chi connectivity index (χ1v) is 13.7. The number of anilines is 2. The molecule has 1 aliphatic heterocycles. The molecule has 196 valence electrons. The van der Waals surface area contributed by atoms with Crippen molar-refractivity contribution in [3.05, 3.63) is 53.9 Å². The van der Waals surface area contributed by atoms with Crippen LogP contribution in [0.15, 0.2) is 42.7 Å². The van der Waals surface area contributed by atoms with Gasteiger partial charge in [-0.3, -0.25) is 24.3 Å². The van der Waals surface area contributed by atoms with Crippen LogP contribution in [-0.2, 0) is 9.59 Å². The molecular formula is C29H37N5O3. The molecule has 5 rings (SSSR count). The highest BCUT2D eigenvalue weighted by molar-refractivity contribution is 6.13. The first-order chi connectivity index (χ1) is 18.0. The van der Waals surface area contributed by atoms with Gasteiger partial charge in [-0.1, -0.05) is 38.2 Å². The third-order valence-corrected chi connectivity index (χ3v) is 8.02. The molecular weight excluding hydrogens is 466 g/mol. The van der Waals surface area contributed by atoms with Crippen molar-refractivity contribution in [1.82, 2.24) is 15.6 Å². The fourth-order valence-corrected chi connectivity index (χ4v) is 5.93. The van der Waals surface area contributed by atoms with Crippen LogP contribution in [-0.4, -0.2) is 47.9 Å². The zero-order valence-corrected chi connectivity index (χ0v) is 21.6. The topological polar surface area (TPSA) is 94.6 Å². The van der Waals surface area contributed by atoms with Gasteiger partial charge in [-0.2, -0.15) is 0 Å². The van der Waals surface area contributed by atoms with Gasteiger partial charge in [0.1, 0.15) is 6.54 Å². The van der Waals surface area contributed by atoms with Gasteiger partial charge in [-0.05, 0) is 62.4 Å². The number of carbonyl (C=O) groups is 3. The van der Waals surface area contributed by atoms with Crippen LogP contribution in [0, 0.1) is 0 Å². The van der Waals surface area contributed by atoms with Crippen LogP contribution in [0.5, 0.6) is 0 Å². The highest BCUT2D eigenvalue weighted by atomic mass is 16.2. The number of fused-ring (bicyclic) bond motifs is 1. The fourth-order valence-electron chi connectivity index (χ4n) is 5.93. The molecule has 2 fully saturated rings. The minimum atomic E-state index is -0.226. The van der Waals surface area contributed by atoms with E-state index in [1.165, 1.54) is 19.3 Å². The molecule has 37 heavy (non-hydrogen) atoms. The Kier molecular flexibility index (Phi) is 7.84. The molecule has 2 aromatic rings. The summed E-state index contributed by atoms with van der Waals surface area (Å²) in [5.41, 5.74) is 2.75. The fraction of sp³-hybridized carbons (Fsp3) is 0.517. The van der Waals surface area contributed by atoms with Crippen molar-refractivity contribution >= 4 is 29.1 Å². The summed E-state index contributed by atoms with van der Waals surface area (Å²) in [6.07, 6.45) is 13.4. The summed E-state index contributed by atoms with van der Waals surface area (Å²) in [6, 6.07) is 9.41. The van der Waals surface area contributed by atoms with Crippen molar-refractivity contribution in [2.45, 2.75) is 82.8 Å². The van der Waals surface area contributed by atoms with E-state index >= 15 is 0 Å². The maximum absolute atomic E-state index is 13.4. The van der Waals surface area contributed by atoms with E-state index in [4.69, 9.17) is 0 Å². The van der Waals surface area contributed by atoms with Crippen LogP contribution in [0.25, 0.3) is 0 Å². The van der Waals surface area contributed by atoms with Gasteiger partial charge in [0, 0.05) is 30.0 Å². The molecule has 0 spiro atoms. The number of pyridine rings is 1. The standard InChI is InChI=1S/C29H37N5O3/c1-20(22-8-7-15-30-17-22)32-29(37)21-13-14-25-26(16-21)33(19-28(36)34(25)24-11-5-6-12-24)27(35)18-31-23-9-3-2-4-10-23/h7-8,13-17,20,23-24,31H,2-6,9-12,18-19H2,1H3,(H,32,37). The molecule has 2 aliphatic carbocycles. The first-order valence-electron chi connectivity index (χ1n) is 13.7. The molecule has 3 amide bonds. The average molecular weight is 504 g/mol. The Bertz CT molecular complexity index is 1130. The minimum Gasteiger partial charge on any atom is -0.345 e. The number of carbonyl (C=O) groups excluding carboxylic acids is 3. The van der Waals surface area contributed by atoms with Crippen LogP contribution in [0.1, 0.15) is 86.7 Å². The molecule has 8 nitrogen and oxygen atoms in total. The lowest BCUT2D eigenvalue weighted by Crippen LogP contribution is -2.53. The second-order valence-electron chi connectivity index (χ2n) is 10.6. The second kappa shape index (κ2) is 11.4. The first kappa shape index (κ1) is 25.4. The van der Waals surface area contributed by atoms with Crippen molar-refractivity contribution in [1.29, 1.82) is 0 Å². The van der Waals surface area contributed by atoms with Crippen LogP contribution in [0.4, 0.5) is 11.4 Å². The second-order valence-corrected chi connectivity index (χ2v) is 10.6. The van der Waals surface area contributed by atoms with Gasteiger partial charge in [0.15, 0.2) is 0 Å². The highest BCUT2D eigenvalue weighted by Gasteiger charge is 2.37. The Labute approximate surface area is 218 Å². The zero-order valence-electron chi connectivity index (χ0n) is 21.6. The van der Waals surface area contributed by atoms with E-state index in [0.717, 1.165) is 49.8 Å². The van der Waals surface area contributed by atoms with E-state index < -0.39 is 0 Å². The molecule has 0 saturated heterocycles. The molecule has 0 radical (unpaired) electrons. The number of amides is 3. The largest absolute Gasteiger partial charge is 0.345 e. The maximum Gasteiger partial charge on any atom is 0.251 e. The molecule has 3 aliphatic rings. The van der Waals surface area contributed by atoms with Crippen molar-refractivity contribution in [3.8, 4) is 0 Å². The number of hydrogen-bond acceptors (Lipinski definition) is 5. The molecule has 8 heteroatoms. The molecule has 1 unspecified atom stereocenters. The predicted octanol–water partition coefficient (Wildman–Crippen LogP) is 4.12. The van der Waals surface area contributed by atoms with Crippen molar-refractivity contribution in [3.63, 3.8) is 0 Å². The van der Waals surface area contributed by atoms with Crippen molar-refractivity contribution in [2.24, 2.45) is 0 Å². The van der Waals surface area contributed by atoms with Crippen LogP contribution < -0.4 is 20.4 Å². The summed E-state index contributed by atoms with van der Waals surface area (Å²) in [6.45, 7) is 2.11. The Balaban J connectivity index is 1.39. The Morgan fingerprint density at radius 2 is 1.78 bits per heavy atom. The third kappa shape index (κ3) is 5.69. The molecule has 2 heterocycles. The summed E-state index contributed by atoms with van der Waals surface area (Å²) in [5.74, 6) is -0.406. The van der Waals surface area contributed by atoms with E-state index in [-0.39, 0.29) is 42.9 Å². The summed E-state index contributed by atoms with van der Waals surface area (Å²) in [7, 11) is 0. The zero-order chi connectivity index (χ0) is 25.8. The quantitative estimate of drug-likeness (QED) is 0.593. The number of aromatic nitrogens is 1. The summed E-state index contributed by atoms with van der Waals surface area (Å²) in [5, 5.41) is 6.44. The van der Waals surface area contributed by atoms with Crippen LogP contribution >= 0.6 is 0 Å². The van der Waals surface area contributed by atoms with E-state index in [1.54, 1.807) is 29.4 Å². The maximum atomic E-state index is 13.4. The van der Waals surface area contributed by atoms with Gasteiger partial charge in [-0.15, -0.1) is 0 Å². The van der Waals surface area contributed by atoms with Gasteiger partial charge in [0.25, 0.3) is 5.91 Å². The van der Waals surface area contributed by atoms with E-state index in [9.17, 15) is 14.4 Å². The van der Waals surface area contributed by atoms with E-state index in [2.05, 4.69) is 15.6 Å². The number of benzene rings is 1. The van der Waals surface area contributed by atoms with Gasteiger partial charge in [-0.25, -0.2) is 0 Å². The lowest BCUT2D eigenvalue weighted by molar-refractivity contribution is -0.122. The minimum absolute atomic E-state index is 0.00579. The Hall–Kier alpha value is -3.26. The summed E-state index contributed by atoms with van der Waals surface area (Å²) < 4.78 is 0. The number of nitrogens with zero attached hydrogens (tertiary/aromatic N) is 3. The molecule has 0 bridgehead atoms. The van der Waals surface area contributed by atoms with Gasteiger partial charge in [0.2, 0.25) is 11.8 Å². The molecule has 1 aromatic carbocycles. The van der Waals surface area contributed by atoms with Gasteiger partial charge in [0.05, 0.1) is 24.0 Å². The van der Waals surface area contributed by atoms with Crippen molar-refractivity contribution < 1.29 is 14.4 Å². The van der Waals surface area contributed by atoms with Crippen LogP contribution in [0.2, 0.25) is 0 Å². The summed E-state index contributed by atoms with van der Waals surface area (Å²) >= 11 is 0. The number of nitrogens with one attached hydrogen (secondary N) is 2. The molecule has 2 N–H and O–H groups in total. The summed E-state index contributed by atoms with van der Waals surface area (Å²) in [4.78, 5) is 47.5. The third-order valence-electron chi connectivity index (χ3n) is 8.02. The lowest BCUT2D eigenvalue weighted by atomic mass is 9.95. The number of hydrogen-bond donors (Lipinski definition) is 2. The molecule has 1 aromatic heterocycles. The lowest BCUT2D eigenvalue weighted by Gasteiger charge is -2.39.